The summed E-state index contributed by atoms with van der Waals surface area (Å²) in [4.78, 5) is 0. The number of fused-ring (bicyclic) bond motifs is 2. The number of benzene rings is 3. The van der Waals surface area contributed by atoms with Crippen LogP contribution in [0.1, 0.15) is 63.5 Å². The Hall–Kier alpha value is -1.82. The van der Waals surface area contributed by atoms with Crippen molar-refractivity contribution in [1.82, 2.24) is 0 Å². The molecule has 0 nitrogen and oxygen atoms in total. The molecule has 0 fully saturated rings. The van der Waals surface area contributed by atoms with Gasteiger partial charge in [-0.1, -0.05) is 69.9 Å². The monoisotopic (exact) mass is 317 g/mol. The van der Waals surface area contributed by atoms with Gasteiger partial charge in [0, 0.05) is 0 Å². The van der Waals surface area contributed by atoms with Gasteiger partial charge in [0.15, 0.2) is 0 Å². The maximum Gasteiger partial charge on any atom is -0.00612 e. The van der Waals surface area contributed by atoms with Crippen molar-refractivity contribution in [3.05, 3.63) is 59.7 Å². The first-order chi connectivity index (χ1) is 11.8. The number of aryl methyl sites for hydroxylation is 2. The van der Waals surface area contributed by atoms with E-state index in [1.165, 1.54) is 84.0 Å². The van der Waals surface area contributed by atoms with Crippen molar-refractivity contribution < 1.29 is 0 Å². The third-order valence-corrected chi connectivity index (χ3v) is 5.00. The van der Waals surface area contributed by atoms with Crippen LogP contribution < -0.4 is 0 Å². The lowest BCUT2D eigenvalue weighted by Crippen LogP contribution is -1.97. The van der Waals surface area contributed by atoms with Gasteiger partial charge in [-0.05, 0) is 76.6 Å². The molecule has 0 aliphatic carbocycles. The summed E-state index contributed by atoms with van der Waals surface area (Å²) in [6, 6.07) is 19.5. The van der Waals surface area contributed by atoms with Gasteiger partial charge in [-0.2, -0.15) is 0 Å². The zero-order valence-electron chi connectivity index (χ0n) is 15.2. The average Bonchev–Trinajstić information content (AvgIpc) is 2.60. The molecule has 0 aromatic heterocycles. The molecule has 1 radical (unpaired) electrons. The normalized spacial score (nSPS) is 11.4. The van der Waals surface area contributed by atoms with Crippen molar-refractivity contribution in [3.63, 3.8) is 0 Å². The second-order valence-electron chi connectivity index (χ2n) is 6.97. The number of hydrogen-bond acceptors (Lipinski definition) is 0. The van der Waals surface area contributed by atoms with Crippen LogP contribution in [0, 0.1) is 6.07 Å². The van der Waals surface area contributed by atoms with E-state index in [9.17, 15) is 0 Å². The van der Waals surface area contributed by atoms with Gasteiger partial charge in [0.25, 0.3) is 0 Å². The number of unbranched alkanes of at least 4 members (excludes halogenated alkanes) is 4. The quantitative estimate of drug-likeness (QED) is 0.303. The molecule has 0 aliphatic heterocycles. The van der Waals surface area contributed by atoms with Crippen molar-refractivity contribution in [2.75, 3.05) is 0 Å². The molecule has 0 aliphatic rings. The summed E-state index contributed by atoms with van der Waals surface area (Å²) in [6.07, 6.45) is 10.2. The molecule has 0 N–H and O–H groups in total. The predicted octanol–water partition coefficient (Wildman–Crippen LogP) is 7.26. The second kappa shape index (κ2) is 8.33. The minimum atomic E-state index is 1.18. The van der Waals surface area contributed by atoms with Crippen LogP contribution >= 0.6 is 0 Å². The summed E-state index contributed by atoms with van der Waals surface area (Å²) in [5.74, 6) is 0. The van der Waals surface area contributed by atoms with E-state index in [0.29, 0.717) is 0 Å². The van der Waals surface area contributed by atoms with E-state index in [-0.39, 0.29) is 0 Å². The van der Waals surface area contributed by atoms with Crippen molar-refractivity contribution in [1.29, 1.82) is 0 Å². The summed E-state index contributed by atoms with van der Waals surface area (Å²) < 4.78 is 0. The van der Waals surface area contributed by atoms with Gasteiger partial charge in [0.05, 0.1) is 0 Å². The molecule has 0 bridgehead atoms. The fourth-order valence-electron chi connectivity index (χ4n) is 3.57. The highest BCUT2D eigenvalue weighted by Gasteiger charge is 2.07. The molecule has 125 valence electrons. The standard InChI is InChI=1S/C24H29/c1-3-5-7-11-19-15-23-17-21-13-9-10-14-22(21)18-24(23)16-20(19)12-8-6-4-2/h9-10,13-15,17-18H,3-8,11-12H2,1-2H3. The summed E-state index contributed by atoms with van der Waals surface area (Å²) in [6.45, 7) is 4.55. The van der Waals surface area contributed by atoms with Crippen LogP contribution in [0.2, 0.25) is 0 Å². The molecule has 0 unspecified atom stereocenters. The SMILES string of the molecule is CCCCCc1[c]c2cc3ccccc3cc2cc1CCCCC. The Morgan fingerprint density at radius 3 is 2.08 bits per heavy atom. The zero-order valence-corrected chi connectivity index (χ0v) is 15.2. The van der Waals surface area contributed by atoms with E-state index in [0.717, 1.165) is 0 Å². The van der Waals surface area contributed by atoms with Crippen LogP contribution in [0.3, 0.4) is 0 Å². The van der Waals surface area contributed by atoms with E-state index in [2.05, 4.69) is 62.4 Å². The van der Waals surface area contributed by atoms with E-state index >= 15 is 0 Å². The Morgan fingerprint density at radius 1 is 0.708 bits per heavy atom. The first-order valence-electron chi connectivity index (χ1n) is 9.68. The first-order valence-corrected chi connectivity index (χ1v) is 9.68. The summed E-state index contributed by atoms with van der Waals surface area (Å²) in [5.41, 5.74) is 2.99. The lowest BCUT2D eigenvalue weighted by Gasteiger charge is -2.12. The maximum absolute atomic E-state index is 3.77. The van der Waals surface area contributed by atoms with Crippen LogP contribution in [0.15, 0.2) is 42.5 Å². The lowest BCUT2D eigenvalue weighted by molar-refractivity contribution is 0.694. The largest absolute Gasteiger partial charge is 0.0654 e. The molecule has 24 heavy (non-hydrogen) atoms. The molecular formula is C24H29. The minimum absolute atomic E-state index is 1.18. The second-order valence-corrected chi connectivity index (χ2v) is 6.97. The molecule has 0 saturated heterocycles. The number of rotatable bonds is 8. The molecule has 0 spiro atoms. The molecular weight excluding hydrogens is 288 g/mol. The van der Waals surface area contributed by atoms with Crippen LogP contribution in [0.4, 0.5) is 0 Å². The molecule has 0 heteroatoms. The molecule has 0 saturated carbocycles. The third-order valence-electron chi connectivity index (χ3n) is 5.00. The maximum atomic E-state index is 3.77. The molecule has 3 rings (SSSR count). The highest BCUT2D eigenvalue weighted by molar-refractivity contribution is 5.98. The molecule has 0 amide bonds. The van der Waals surface area contributed by atoms with Crippen molar-refractivity contribution in [3.8, 4) is 0 Å². The van der Waals surface area contributed by atoms with E-state index in [4.69, 9.17) is 0 Å². The fraction of sp³-hybridized carbons (Fsp3) is 0.417. The summed E-state index contributed by atoms with van der Waals surface area (Å²) in [5, 5.41) is 5.27. The number of hydrogen-bond donors (Lipinski definition) is 0. The Labute approximate surface area is 146 Å². The van der Waals surface area contributed by atoms with Crippen molar-refractivity contribution >= 4 is 21.5 Å². The van der Waals surface area contributed by atoms with E-state index in [1.807, 2.05) is 0 Å². The lowest BCUT2D eigenvalue weighted by atomic mass is 9.92. The van der Waals surface area contributed by atoms with Crippen LogP contribution in [0.25, 0.3) is 21.5 Å². The summed E-state index contributed by atoms with van der Waals surface area (Å²) in [7, 11) is 0. The topological polar surface area (TPSA) is 0 Å². The van der Waals surface area contributed by atoms with Gasteiger partial charge < -0.3 is 0 Å². The van der Waals surface area contributed by atoms with Crippen molar-refractivity contribution in [2.45, 2.75) is 65.2 Å². The minimum Gasteiger partial charge on any atom is -0.0654 e. The Balaban J connectivity index is 1.99. The van der Waals surface area contributed by atoms with Crippen molar-refractivity contribution in [2.24, 2.45) is 0 Å². The van der Waals surface area contributed by atoms with E-state index < -0.39 is 0 Å². The van der Waals surface area contributed by atoms with Gasteiger partial charge >= 0.3 is 0 Å². The Kier molecular flexibility index (Phi) is 5.91. The Bertz CT molecular complexity index is 730. The predicted molar refractivity (Wildman–Crippen MR) is 107 cm³/mol. The molecule has 3 aromatic rings. The van der Waals surface area contributed by atoms with Crippen LogP contribution in [-0.4, -0.2) is 0 Å². The highest BCUT2D eigenvalue weighted by Crippen LogP contribution is 2.27. The fourth-order valence-corrected chi connectivity index (χ4v) is 3.57. The Morgan fingerprint density at radius 2 is 1.38 bits per heavy atom. The van der Waals surface area contributed by atoms with Gasteiger partial charge in [-0.25, -0.2) is 0 Å². The zero-order chi connectivity index (χ0) is 16.8. The first kappa shape index (κ1) is 17.0. The molecule has 0 heterocycles. The molecule has 3 aromatic carbocycles. The van der Waals surface area contributed by atoms with Crippen LogP contribution in [-0.2, 0) is 12.8 Å². The van der Waals surface area contributed by atoms with Gasteiger partial charge in [0.1, 0.15) is 0 Å². The third kappa shape index (κ3) is 3.98. The molecule has 0 atom stereocenters. The van der Waals surface area contributed by atoms with Gasteiger partial charge in [-0.3, -0.25) is 0 Å². The summed E-state index contributed by atoms with van der Waals surface area (Å²) >= 11 is 0. The van der Waals surface area contributed by atoms with Crippen LogP contribution in [0.5, 0.6) is 0 Å². The van der Waals surface area contributed by atoms with E-state index in [1.54, 1.807) is 0 Å². The van der Waals surface area contributed by atoms with Gasteiger partial charge in [0.2, 0.25) is 0 Å². The van der Waals surface area contributed by atoms with Gasteiger partial charge in [-0.15, -0.1) is 0 Å². The smallest absolute Gasteiger partial charge is 0.00612 e. The highest BCUT2D eigenvalue weighted by atomic mass is 14.1. The average molecular weight is 317 g/mol.